The number of ether oxygens (including phenoxy) is 1. The standard InChI is InChI=1S/C19H16F10O2/c20-14-9-5-11(12(6-9)31-13(30)10-4-7-1-2-8(10)3-7)15(14,21)17(24,25)19(28,29)18(26,27)16(14,22)23/h1-2,7-12H,3-6H2. The minimum atomic E-state index is -6.87. The highest BCUT2D eigenvalue weighted by atomic mass is 19.4. The lowest BCUT2D eigenvalue weighted by Gasteiger charge is -2.58. The number of carbonyl (C=O) groups excluding carboxylic acids is 1. The van der Waals surface area contributed by atoms with Crippen LogP contribution in [0, 0.1) is 29.6 Å². The van der Waals surface area contributed by atoms with Gasteiger partial charge in [-0.15, -0.1) is 0 Å². The summed E-state index contributed by atoms with van der Waals surface area (Å²) in [6.07, 6.45) is 0.589. The maximum absolute atomic E-state index is 15.6. The highest BCUT2D eigenvalue weighted by Crippen LogP contribution is 2.78. The van der Waals surface area contributed by atoms with Crippen LogP contribution in [0.25, 0.3) is 0 Å². The van der Waals surface area contributed by atoms with Gasteiger partial charge in [-0.05, 0) is 37.5 Å². The third-order valence-electron chi connectivity index (χ3n) is 8.05. The topological polar surface area (TPSA) is 26.3 Å². The molecule has 12 heteroatoms. The highest BCUT2D eigenvalue weighted by Gasteiger charge is 3.04. The predicted octanol–water partition coefficient (Wildman–Crippen LogP) is 5.12. The summed E-state index contributed by atoms with van der Waals surface area (Å²) in [6.45, 7) is 0. The summed E-state index contributed by atoms with van der Waals surface area (Å²) >= 11 is 0. The van der Waals surface area contributed by atoms with Gasteiger partial charge in [-0.1, -0.05) is 12.2 Å². The zero-order valence-corrected chi connectivity index (χ0v) is 15.5. The molecule has 4 saturated carbocycles. The average molecular weight is 466 g/mol. The van der Waals surface area contributed by atoms with Gasteiger partial charge in [0.05, 0.1) is 5.92 Å². The Kier molecular flexibility index (Phi) is 3.80. The second-order valence-corrected chi connectivity index (χ2v) is 9.36. The summed E-state index contributed by atoms with van der Waals surface area (Å²) in [5.74, 6) is -33.5. The van der Waals surface area contributed by atoms with E-state index in [2.05, 4.69) is 0 Å². The lowest BCUT2D eigenvalue weighted by molar-refractivity contribution is -0.472. The Balaban J connectivity index is 1.51. The van der Waals surface area contributed by atoms with Gasteiger partial charge in [0.25, 0.3) is 0 Å². The van der Waals surface area contributed by atoms with Gasteiger partial charge in [0.1, 0.15) is 6.10 Å². The third-order valence-corrected chi connectivity index (χ3v) is 8.05. The molecule has 0 aromatic heterocycles. The summed E-state index contributed by atoms with van der Waals surface area (Å²) in [5.41, 5.74) is -10.6. The Bertz CT molecular complexity index is 872. The molecule has 4 fully saturated rings. The van der Waals surface area contributed by atoms with Gasteiger partial charge in [-0.3, -0.25) is 4.79 Å². The molecule has 0 aliphatic heterocycles. The highest BCUT2D eigenvalue weighted by molar-refractivity contribution is 5.74. The predicted molar refractivity (Wildman–Crippen MR) is 82.4 cm³/mol. The molecule has 8 atom stereocenters. The fourth-order valence-electron chi connectivity index (χ4n) is 6.53. The Hall–Kier alpha value is -1.49. The van der Waals surface area contributed by atoms with Crippen LogP contribution >= 0.6 is 0 Å². The van der Waals surface area contributed by atoms with Gasteiger partial charge >= 0.3 is 29.7 Å². The van der Waals surface area contributed by atoms with E-state index >= 15 is 8.78 Å². The molecule has 0 N–H and O–H groups in total. The number of hydrogen-bond donors (Lipinski definition) is 0. The molecule has 0 amide bonds. The number of fused-ring (bicyclic) bond motifs is 7. The van der Waals surface area contributed by atoms with Crippen molar-refractivity contribution in [1.82, 2.24) is 0 Å². The van der Waals surface area contributed by atoms with Crippen LogP contribution in [-0.4, -0.2) is 47.1 Å². The summed E-state index contributed by atoms with van der Waals surface area (Å²) in [6, 6.07) is 0. The van der Waals surface area contributed by atoms with Crippen molar-refractivity contribution in [2.24, 2.45) is 29.6 Å². The van der Waals surface area contributed by atoms with E-state index in [0.29, 0.717) is 12.8 Å². The maximum Gasteiger partial charge on any atom is 0.381 e. The zero-order valence-electron chi connectivity index (χ0n) is 15.5. The van der Waals surface area contributed by atoms with Crippen LogP contribution in [0.15, 0.2) is 12.2 Å². The minimum absolute atomic E-state index is 0.0795. The number of carbonyl (C=O) groups is 1. The molecule has 5 rings (SSSR count). The molecule has 8 unspecified atom stereocenters. The molecule has 0 radical (unpaired) electrons. The van der Waals surface area contributed by atoms with E-state index in [1.165, 1.54) is 0 Å². The number of esters is 1. The van der Waals surface area contributed by atoms with Gasteiger partial charge in [-0.2, -0.15) is 35.1 Å². The van der Waals surface area contributed by atoms with Crippen LogP contribution < -0.4 is 0 Å². The molecule has 2 nitrogen and oxygen atoms in total. The smallest absolute Gasteiger partial charge is 0.381 e. The van der Waals surface area contributed by atoms with Gasteiger partial charge in [0.15, 0.2) is 0 Å². The van der Waals surface area contributed by atoms with Crippen LogP contribution in [0.1, 0.15) is 25.7 Å². The molecule has 0 saturated heterocycles. The molecule has 0 heterocycles. The molecular formula is C19H16F10O2. The second kappa shape index (κ2) is 5.52. The van der Waals surface area contributed by atoms with Crippen molar-refractivity contribution in [3.63, 3.8) is 0 Å². The van der Waals surface area contributed by atoms with Gasteiger partial charge < -0.3 is 4.74 Å². The lowest BCUT2D eigenvalue weighted by Crippen LogP contribution is -2.86. The molecule has 5 aliphatic carbocycles. The largest absolute Gasteiger partial charge is 0.462 e. The van der Waals surface area contributed by atoms with Crippen LogP contribution in [0.3, 0.4) is 0 Å². The summed E-state index contributed by atoms with van der Waals surface area (Å²) < 4.78 is 149. The second-order valence-electron chi connectivity index (χ2n) is 9.36. The van der Waals surface area contributed by atoms with Crippen molar-refractivity contribution in [3.05, 3.63) is 12.2 Å². The first-order valence-electron chi connectivity index (χ1n) is 9.83. The summed E-state index contributed by atoms with van der Waals surface area (Å²) in [5, 5.41) is 0. The van der Waals surface area contributed by atoms with Crippen LogP contribution in [0.5, 0.6) is 0 Å². The maximum atomic E-state index is 15.6. The van der Waals surface area contributed by atoms with E-state index in [4.69, 9.17) is 4.74 Å². The molecule has 0 spiro atoms. The Morgan fingerprint density at radius 2 is 1.29 bits per heavy atom. The van der Waals surface area contributed by atoms with Crippen molar-refractivity contribution in [2.75, 3.05) is 0 Å². The average Bonchev–Trinajstić information content (AvgIpc) is 3.43. The number of hydrogen-bond acceptors (Lipinski definition) is 2. The fraction of sp³-hybridized carbons (Fsp3) is 0.842. The first-order chi connectivity index (χ1) is 14.1. The number of allylic oxidation sites excluding steroid dienone is 2. The van der Waals surface area contributed by atoms with E-state index in [-0.39, 0.29) is 11.8 Å². The molecule has 0 aromatic carbocycles. The Labute approximate surface area is 169 Å². The van der Waals surface area contributed by atoms with E-state index in [9.17, 15) is 39.9 Å². The third kappa shape index (κ3) is 1.94. The van der Waals surface area contributed by atoms with Gasteiger partial charge in [0.2, 0.25) is 11.3 Å². The van der Waals surface area contributed by atoms with Gasteiger partial charge in [0, 0.05) is 11.8 Å². The van der Waals surface area contributed by atoms with Crippen molar-refractivity contribution >= 4 is 5.97 Å². The monoisotopic (exact) mass is 466 g/mol. The Morgan fingerprint density at radius 3 is 1.81 bits per heavy atom. The number of halogens is 10. The van der Waals surface area contributed by atoms with Crippen molar-refractivity contribution in [1.29, 1.82) is 0 Å². The van der Waals surface area contributed by atoms with Crippen LogP contribution in [-0.2, 0) is 9.53 Å². The van der Waals surface area contributed by atoms with E-state index in [1.54, 1.807) is 6.08 Å². The summed E-state index contributed by atoms with van der Waals surface area (Å²) in [7, 11) is 0. The van der Waals surface area contributed by atoms with Crippen molar-refractivity contribution < 1.29 is 53.4 Å². The number of rotatable bonds is 2. The first-order valence-corrected chi connectivity index (χ1v) is 9.83. The molecule has 174 valence electrons. The molecule has 31 heavy (non-hydrogen) atoms. The number of alkyl halides is 10. The zero-order chi connectivity index (χ0) is 23.0. The molecule has 5 aliphatic rings. The quantitative estimate of drug-likeness (QED) is 0.321. The SMILES string of the molecule is O=C(OC1CC2CC1C1(F)C(F)(F)C(F)(F)C(F)(F)C(F)(F)C21F)C1CC2C=CC1C2. The van der Waals surface area contributed by atoms with Crippen molar-refractivity contribution in [3.8, 4) is 0 Å². The first kappa shape index (κ1) is 21.4. The molecule has 0 aromatic rings. The van der Waals surface area contributed by atoms with E-state index < -0.39 is 77.7 Å². The molecule has 4 bridgehead atoms. The van der Waals surface area contributed by atoms with Crippen LogP contribution in [0.2, 0.25) is 0 Å². The van der Waals surface area contributed by atoms with E-state index in [0.717, 1.165) is 0 Å². The van der Waals surface area contributed by atoms with Crippen molar-refractivity contribution in [2.45, 2.75) is 66.8 Å². The molecular weight excluding hydrogens is 450 g/mol. The Morgan fingerprint density at radius 1 is 0.710 bits per heavy atom. The van der Waals surface area contributed by atoms with Gasteiger partial charge in [-0.25, -0.2) is 8.78 Å². The normalized spacial score (nSPS) is 51.7. The minimum Gasteiger partial charge on any atom is -0.462 e. The van der Waals surface area contributed by atoms with Crippen LogP contribution in [0.4, 0.5) is 43.9 Å². The fourth-order valence-corrected chi connectivity index (χ4v) is 6.53. The van der Waals surface area contributed by atoms with E-state index in [1.807, 2.05) is 6.08 Å². The summed E-state index contributed by atoms with van der Waals surface area (Å²) in [4.78, 5) is 12.5. The lowest BCUT2D eigenvalue weighted by atomic mass is 9.59.